The molecule has 0 bridgehead atoms. The van der Waals surface area contributed by atoms with Gasteiger partial charge >= 0.3 is 0 Å². The Morgan fingerprint density at radius 1 is 1.36 bits per heavy atom. The average Bonchev–Trinajstić information content (AvgIpc) is 3.05. The standard InChI is InChI=1S/C19H27FN2O3/c1-21-10-5-6-17(21)19(25-18-7-3-4-11-24-18)22(2)16-9-8-15(20)12-14(16)13-23/h8-9,12-13,17-19H,3-7,10-11H2,1-2H3. The lowest BCUT2D eigenvalue weighted by Crippen LogP contribution is -2.50. The van der Waals surface area contributed by atoms with E-state index in [2.05, 4.69) is 11.9 Å². The average molecular weight is 350 g/mol. The van der Waals surface area contributed by atoms with Crippen LogP contribution < -0.4 is 4.90 Å². The molecule has 6 heteroatoms. The van der Waals surface area contributed by atoms with Crippen molar-refractivity contribution < 1.29 is 18.7 Å². The van der Waals surface area contributed by atoms with Crippen molar-refractivity contribution in [3.63, 3.8) is 0 Å². The van der Waals surface area contributed by atoms with Crippen LogP contribution in [0.1, 0.15) is 42.5 Å². The molecule has 2 fully saturated rings. The summed E-state index contributed by atoms with van der Waals surface area (Å²) in [6.45, 7) is 1.74. The summed E-state index contributed by atoms with van der Waals surface area (Å²) in [5.74, 6) is -0.412. The lowest BCUT2D eigenvalue weighted by atomic mass is 10.1. The molecule has 0 saturated carbocycles. The smallest absolute Gasteiger partial charge is 0.160 e. The Morgan fingerprint density at radius 3 is 2.84 bits per heavy atom. The molecule has 3 unspecified atom stereocenters. The summed E-state index contributed by atoms with van der Waals surface area (Å²) in [5, 5.41) is 0. The zero-order valence-corrected chi connectivity index (χ0v) is 15.0. The van der Waals surface area contributed by atoms with Crippen molar-refractivity contribution in [2.24, 2.45) is 0 Å². The topological polar surface area (TPSA) is 42.0 Å². The predicted molar refractivity (Wildman–Crippen MR) is 94.3 cm³/mol. The second kappa shape index (κ2) is 8.25. The number of rotatable bonds is 6. The SMILES string of the molecule is CN1CCCC1C(OC1CCCCO1)N(C)c1ccc(F)cc1C=O. The first-order valence-electron chi connectivity index (χ1n) is 9.05. The number of carbonyl (C=O) groups is 1. The van der Waals surface area contributed by atoms with E-state index < -0.39 is 5.82 Å². The first-order chi connectivity index (χ1) is 12.1. The minimum atomic E-state index is -0.412. The van der Waals surface area contributed by atoms with Gasteiger partial charge in [0, 0.05) is 24.9 Å². The maximum atomic E-state index is 13.5. The monoisotopic (exact) mass is 350 g/mol. The van der Waals surface area contributed by atoms with Gasteiger partial charge in [0.15, 0.2) is 12.6 Å². The van der Waals surface area contributed by atoms with Gasteiger partial charge in [0.05, 0.1) is 6.04 Å². The molecular formula is C19H27FN2O3. The second-order valence-electron chi connectivity index (χ2n) is 6.94. The van der Waals surface area contributed by atoms with Crippen molar-refractivity contribution in [3.8, 4) is 0 Å². The molecule has 0 radical (unpaired) electrons. The Bertz CT molecular complexity index is 592. The molecule has 138 valence electrons. The van der Waals surface area contributed by atoms with E-state index in [9.17, 15) is 9.18 Å². The van der Waals surface area contributed by atoms with E-state index in [-0.39, 0.29) is 18.6 Å². The van der Waals surface area contributed by atoms with Gasteiger partial charge in [-0.25, -0.2) is 4.39 Å². The number of benzene rings is 1. The molecule has 2 aliphatic heterocycles. The van der Waals surface area contributed by atoms with Crippen LogP contribution in [0.2, 0.25) is 0 Å². The first-order valence-corrected chi connectivity index (χ1v) is 9.05. The molecule has 0 N–H and O–H groups in total. The van der Waals surface area contributed by atoms with Gasteiger partial charge in [-0.2, -0.15) is 0 Å². The highest BCUT2D eigenvalue weighted by atomic mass is 19.1. The maximum Gasteiger partial charge on any atom is 0.160 e. The van der Waals surface area contributed by atoms with Crippen molar-refractivity contribution in [1.82, 2.24) is 4.90 Å². The highest BCUT2D eigenvalue weighted by Crippen LogP contribution is 2.30. The van der Waals surface area contributed by atoms with Crippen LogP contribution in [0.15, 0.2) is 18.2 Å². The summed E-state index contributed by atoms with van der Waals surface area (Å²) in [6, 6.07) is 4.50. The number of aldehydes is 1. The number of nitrogens with zero attached hydrogens (tertiary/aromatic N) is 2. The van der Waals surface area contributed by atoms with E-state index >= 15 is 0 Å². The first kappa shape index (κ1) is 18.3. The van der Waals surface area contributed by atoms with Gasteiger partial charge in [0.2, 0.25) is 0 Å². The van der Waals surface area contributed by atoms with E-state index in [4.69, 9.17) is 9.47 Å². The molecular weight excluding hydrogens is 323 g/mol. The highest BCUT2D eigenvalue weighted by molar-refractivity contribution is 5.84. The summed E-state index contributed by atoms with van der Waals surface area (Å²) >= 11 is 0. The van der Waals surface area contributed by atoms with Crippen molar-refractivity contribution in [1.29, 1.82) is 0 Å². The quantitative estimate of drug-likeness (QED) is 0.583. The van der Waals surface area contributed by atoms with Crippen LogP contribution in [0.3, 0.4) is 0 Å². The Kier molecular flexibility index (Phi) is 6.04. The van der Waals surface area contributed by atoms with E-state index in [0.29, 0.717) is 17.5 Å². The Morgan fingerprint density at radius 2 is 2.20 bits per heavy atom. The van der Waals surface area contributed by atoms with Gasteiger partial charge in [0.25, 0.3) is 0 Å². The number of ether oxygens (including phenoxy) is 2. The van der Waals surface area contributed by atoms with Crippen molar-refractivity contribution in [2.45, 2.75) is 50.7 Å². The third-order valence-electron chi connectivity index (χ3n) is 5.21. The van der Waals surface area contributed by atoms with Crippen molar-refractivity contribution >= 4 is 12.0 Å². The van der Waals surface area contributed by atoms with Crippen LogP contribution in [-0.2, 0) is 9.47 Å². The van der Waals surface area contributed by atoms with E-state index in [0.717, 1.165) is 45.3 Å². The van der Waals surface area contributed by atoms with E-state index in [1.165, 1.54) is 12.1 Å². The molecule has 0 amide bonds. The third kappa shape index (κ3) is 4.19. The zero-order chi connectivity index (χ0) is 17.8. The van der Waals surface area contributed by atoms with Gasteiger partial charge in [0.1, 0.15) is 12.0 Å². The van der Waals surface area contributed by atoms with Gasteiger partial charge < -0.3 is 14.4 Å². The van der Waals surface area contributed by atoms with Gasteiger partial charge in [-0.1, -0.05) is 0 Å². The molecule has 2 aliphatic rings. The molecule has 0 spiro atoms. The molecule has 3 atom stereocenters. The Hall–Kier alpha value is -1.50. The molecule has 0 aliphatic carbocycles. The third-order valence-corrected chi connectivity index (χ3v) is 5.21. The van der Waals surface area contributed by atoms with Gasteiger partial charge in [-0.3, -0.25) is 9.69 Å². The molecule has 3 rings (SSSR count). The zero-order valence-electron chi connectivity index (χ0n) is 15.0. The van der Waals surface area contributed by atoms with Crippen LogP contribution in [-0.4, -0.2) is 57.0 Å². The summed E-state index contributed by atoms with van der Waals surface area (Å²) < 4.78 is 25.6. The summed E-state index contributed by atoms with van der Waals surface area (Å²) in [4.78, 5) is 15.7. The van der Waals surface area contributed by atoms with Crippen molar-refractivity contribution in [2.75, 3.05) is 32.1 Å². The second-order valence-corrected chi connectivity index (χ2v) is 6.94. The number of halogens is 1. The fraction of sp³-hybridized carbons (Fsp3) is 0.632. The Labute approximate surface area is 148 Å². The molecule has 1 aromatic rings. The van der Waals surface area contributed by atoms with Crippen LogP contribution in [0, 0.1) is 5.82 Å². The number of carbonyl (C=O) groups excluding carboxylic acids is 1. The molecule has 5 nitrogen and oxygen atoms in total. The summed E-state index contributed by atoms with van der Waals surface area (Å²) in [7, 11) is 3.99. The highest BCUT2D eigenvalue weighted by Gasteiger charge is 2.36. The molecule has 0 aromatic heterocycles. The lowest BCUT2D eigenvalue weighted by molar-refractivity contribution is -0.197. The number of hydrogen-bond donors (Lipinski definition) is 0. The molecule has 2 heterocycles. The minimum absolute atomic E-state index is 0.208. The number of likely N-dealkylation sites (tertiary alicyclic amines) is 1. The number of likely N-dealkylation sites (N-methyl/N-ethyl adjacent to an activating group) is 2. The number of anilines is 1. The summed E-state index contributed by atoms with van der Waals surface area (Å²) in [6.07, 6.45) is 5.40. The van der Waals surface area contributed by atoms with E-state index in [1.54, 1.807) is 6.07 Å². The van der Waals surface area contributed by atoms with Crippen molar-refractivity contribution in [3.05, 3.63) is 29.6 Å². The fourth-order valence-electron chi connectivity index (χ4n) is 3.79. The van der Waals surface area contributed by atoms with Gasteiger partial charge in [-0.05, 0) is 63.9 Å². The maximum absolute atomic E-state index is 13.5. The molecule has 25 heavy (non-hydrogen) atoms. The van der Waals surface area contributed by atoms with Crippen LogP contribution >= 0.6 is 0 Å². The number of hydrogen-bond acceptors (Lipinski definition) is 5. The largest absolute Gasteiger partial charge is 0.353 e. The lowest BCUT2D eigenvalue weighted by Gasteiger charge is -2.40. The summed E-state index contributed by atoms with van der Waals surface area (Å²) in [5.41, 5.74) is 1.01. The van der Waals surface area contributed by atoms with Gasteiger partial charge in [-0.15, -0.1) is 0 Å². The van der Waals surface area contributed by atoms with Crippen LogP contribution in [0.4, 0.5) is 10.1 Å². The van der Waals surface area contributed by atoms with Crippen LogP contribution in [0.25, 0.3) is 0 Å². The Balaban J connectivity index is 1.85. The fourth-order valence-corrected chi connectivity index (χ4v) is 3.79. The molecule has 2 saturated heterocycles. The van der Waals surface area contributed by atoms with E-state index in [1.807, 2.05) is 11.9 Å². The predicted octanol–water partition coefficient (Wildman–Crippen LogP) is 3.04. The normalized spacial score (nSPS) is 25.7. The minimum Gasteiger partial charge on any atom is -0.353 e. The van der Waals surface area contributed by atoms with Crippen LogP contribution in [0.5, 0.6) is 0 Å². The molecule has 1 aromatic carbocycles.